The lowest BCUT2D eigenvalue weighted by Gasteiger charge is -2.26. The van der Waals surface area contributed by atoms with Crippen LogP contribution in [0.15, 0.2) is 77.7 Å². The summed E-state index contributed by atoms with van der Waals surface area (Å²) in [5.74, 6) is -0.765. The highest BCUT2D eigenvalue weighted by Crippen LogP contribution is 2.36. The van der Waals surface area contributed by atoms with Crippen LogP contribution in [0.1, 0.15) is 11.1 Å². The van der Waals surface area contributed by atoms with Gasteiger partial charge in [0.15, 0.2) is 0 Å². The Kier molecular flexibility index (Phi) is 6.97. The molecule has 3 aromatic carbocycles. The number of nitrogens with one attached hydrogen (secondary N) is 1. The quantitative estimate of drug-likeness (QED) is 0.527. The van der Waals surface area contributed by atoms with E-state index in [0.717, 1.165) is 16.4 Å². The number of benzene rings is 3. The molecule has 0 spiro atoms. The molecule has 0 aromatic heterocycles. The maximum Gasteiger partial charge on any atom is 0.418 e. The normalized spacial score (nSPS) is 11.7. The molecule has 0 heterocycles. The molecule has 0 aliphatic rings. The van der Waals surface area contributed by atoms with Crippen LogP contribution in [0.3, 0.4) is 0 Å². The number of carbonyl (C=O) groups excluding carboxylic acids is 1. The Morgan fingerprint density at radius 1 is 1.00 bits per heavy atom. The van der Waals surface area contributed by atoms with Gasteiger partial charge in [0.2, 0.25) is 5.91 Å². The predicted octanol–water partition coefficient (Wildman–Crippen LogP) is 4.86. The van der Waals surface area contributed by atoms with Gasteiger partial charge < -0.3 is 10.1 Å². The van der Waals surface area contributed by atoms with E-state index < -0.39 is 39.9 Å². The highest BCUT2D eigenvalue weighted by atomic mass is 32.2. The number of anilines is 2. The number of hydrogen-bond acceptors (Lipinski definition) is 4. The highest BCUT2D eigenvalue weighted by molar-refractivity contribution is 7.92. The van der Waals surface area contributed by atoms with Gasteiger partial charge in [0, 0.05) is 0 Å². The Labute approximate surface area is 189 Å². The fraction of sp³-hybridized carbons (Fsp3) is 0.174. The van der Waals surface area contributed by atoms with E-state index in [1.807, 2.05) is 0 Å². The zero-order valence-electron chi connectivity index (χ0n) is 17.8. The van der Waals surface area contributed by atoms with Crippen LogP contribution in [-0.2, 0) is 21.0 Å². The average molecular weight is 478 g/mol. The van der Waals surface area contributed by atoms with Crippen LogP contribution in [-0.4, -0.2) is 28.0 Å². The SMILES string of the molecule is COc1ccc(C)cc1N(CC(=O)Nc1ccccc1C(F)(F)F)S(=O)(=O)c1ccccc1. The van der Waals surface area contributed by atoms with Gasteiger partial charge in [-0.15, -0.1) is 0 Å². The maximum atomic E-state index is 13.4. The molecule has 0 aliphatic carbocycles. The van der Waals surface area contributed by atoms with Gasteiger partial charge >= 0.3 is 6.18 Å². The Morgan fingerprint density at radius 3 is 2.27 bits per heavy atom. The maximum absolute atomic E-state index is 13.4. The minimum absolute atomic E-state index is 0.0839. The fourth-order valence-corrected chi connectivity index (χ4v) is 4.62. The topological polar surface area (TPSA) is 75.7 Å². The first-order valence-electron chi connectivity index (χ1n) is 9.72. The van der Waals surface area contributed by atoms with Gasteiger partial charge in [-0.1, -0.05) is 36.4 Å². The third-order valence-corrected chi connectivity index (χ3v) is 6.50. The van der Waals surface area contributed by atoms with Gasteiger partial charge in [0.05, 0.1) is 28.9 Å². The minimum atomic E-state index is -4.70. The monoisotopic (exact) mass is 478 g/mol. The van der Waals surface area contributed by atoms with Crippen molar-refractivity contribution in [3.8, 4) is 5.75 Å². The molecule has 1 N–H and O–H groups in total. The molecule has 0 saturated carbocycles. The standard InChI is InChI=1S/C23H21F3N2O4S/c1-16-12-13-21(32-2)20(14-16)28(33(30,31)17-8-4-3-5-9-17)15-22(29)27-19-11-7-6-10-18(19)23(24,25)26/h3-14H,15H2,1-2H3,(H,27,29). The van der Waals surface area contributed by atoms with Crippen molar-refractivity contribution in [1.29, 1.82) is 0 Å². The molecule has 174 valence electrons. The van der Waals surface area contributed by atoms with E-state index in [2.05, 4.69) is 5.32 Å². The molecule has 0 aliphatic heterocycles. The second-order valence-corrected chi connectivity index (χ2v) is 8.95. The number of para-hydroxylation sites is 1. The molecule has 10 heteroatoms. The highest BCUT2D eigenvalue weighted by Gasteiger charge is 2.34. The van der Waals surface area contributed by atoms with E-state index in [9.17, 15) is 26.4 Å². The summed E-state index contributed by atoms with van der Waals surface area (Å²) in [7, 11) is -2.91. The third kappa shape index (κ3) is 5.46. The summed E-state index contributed by atoms with van der Waals surface area (Å²) in [6.07, 6.45) is -4.70. The van der Waals surface area contributed by atoms with Gasteiger partial charge in [-0.05, 0) is 48.9 Å². The smallest absolute Gasteiger partial charge is 0.418 e. The Morgan fingerprint density at radius 2 is 1.64 bits per heavy atom. The lowest BCUT2D eigenvalue weighted by Crippen LogP contribution is -2.38. The van der Waals surface area contributed by atoms with Crippen LogP contribution in [0.2, 0.25) is 0 Å². The molecule has 6 nitrogen and oxygen atoms in total. The molecule has 3 rings (SSSR count). The Hall–Kier alpha value is -3.53. The molecule has 1 amide bonds. The molecule has 0 fully saturated rings. The molecule has 0 bridgehead atoms. The molecule has 0 saturated heterocycles. The summed E-state index contributed by atoms with van der Waals surface area (Å²) in [4.78, 5) is 12.7. The zero-order chi connectivity index (χ0) is 24.2. The van der Waals surface area contributed by atoms with Gasteiger partial charge in [-0.2, -0.15) is 13.2 Å². The van der Waals surface area contributed by atoms with Crippen LogP contribution in [0, 0.1) is 6.92 Å². The van der Waals surface area contributed by atoms with Crippen LogP contribution in [0.5, 0.6) is 5.75 Å². The summed E-state index contributed by atoms with van der Waals surface area (Å²) in [6.45, 7) is 0.957. The second-order valence-electron chi connectivity index (χ2n) is 7.09. The number of alkyl halides is 3. The van der Waals surface area contributed by atoms with E-state index in [-0.39, 0.29) is 16.3 Å². The largest absolute Gasteiger partial charge is 0.495 e. The zero-order valence-corrected chi connectivity index (χ0v) is 18.6. The van der Waals surface area contributed by atoms with E-state index in [0.29, 0.717) is 5.56 Å². The number of ether oxygens (including phenoxy) is 1. The molecule has 0 atom stereocenters. The lowest BCUT2D eigenvalue weighted by molar-refractivity contribution is -0.137. The number of carbonyl (C=O) groups is 1. The number of rotatable bonds is 7. The predicted molar refractivity (Wildman–Crippen MR) is 119 cm³/mol. The molecule has 0 unspecified atom stereocenters. The summed E-state index contributed by atoms with van der Waals surface area (Å²) >= 11 is 0. The van der Waals surface area contributed by atoms with Crippen molar-refractivity contribution in [3.63, 3.8) is 0 Å². The van der Waals surface area contributed by atoms with E-state index in [1.165, 1.54) is 49.6 Å². The number of methoxy groups -OCH3 is 1. The fourth-order valence-electron chi connectivity index (χ4n) is 3.17. The molecular weight excluding hydrogens is 457 g/mol. The molecule has 3 aromatic rings. The first kappa shape index (κ1) is 24.1. The van der Waals surface area contributed by atoms with Crippen molar-refractivity contribution >= 4 is 27.3 Å². The minimum Gasteiger partial charge on any atom is -0.495 e. The van der Waals surface area contributed by atoms with Gasteiger partial charge in [-0.3, -0.25) is 9.10 Å². The van der Waals surface area contributed by atoms with Gasteiger partial charge in [-0.25, -0.2) is 8.42 Å². The van der Waals surface area contributed by atoms with Gasteiger partial charge in [0.25, 0.3) is 10.0 Å². The van der Waals surface area contributed by atoms with Crippen LogP contribution >= 0.6 is 0 Å². The van der Waals surface area contributed by atoms with E-state index in [1.54, 1.807) is 25.1 Å². The first-order valence-corrected chi connectivity index (χ1v) is 11.2. The number of amides is 1. The Balaban J connectivity index is 2.04. The van der Waals surface area contributed by atoms with Gasteiger partial charge in [0.1, 0.15) is 12.3 Å². The second kappa shape index (κ2) is 9.53. The van der Waals surface area contributed by atoms with Crippen molar-refractivity contribution in [3.05, 3.63) is 83.9 Å². The Bertz CT molecular complexity index is 1250. The summed E-state index contributed by atoms with van der Waals surface area (Å²) in [6, 6.07) is 16.7. The number of halogens is 3. The summed E-state index contributed by atoms with van der Waals surface area (Å²) in [5.41, 5.74) is -0.727. The van der Waals surface area contributed by atoms with Crippen LogP contribution in [0.25, 0.3) is 0 Å². The van der Waals surface area contributed by atoms with Crippen molar-refractivity contribution in [1.82, 2.24) is 0 Å². The summed E-state index contributed by atoms with van der Waals surface area (Å²) < 4.78 is 72.9. The summed E-state index contributed by atoms with van der Waals surface area (Å²) in [5, 5.41) is 2.19. The van der Waals surface area contributed by atoms with Crippen molar-refractivity contribution in [2.24, 2.45) is 0 Å². The van der Waals surface area contributed by atoms with Crippen molar-refractivity contribution in [2.75, 3.05) is 23.3 Å². The number of aryl methyl sites for hydroxylation is 1. The number of sulfonamides is 1. The first-order chi connectivity index (χ1) is 15.5. The molecular formula is C23H21F3N2O4S. The van der Waals surface area contributed by atoms with Crippen LogP contribution in [0.4, 0.5) is 24.5 Å². The molecule has 33 heavy (non-hydrogen) atoms. The molecule has 0 radical (unpaired) electrons. The number of nitrogens with zero attached hydrogens (tertiary/aromatic N) is 1. The average Bonchev–Trinajstić information content (AvgIpc) is 2.77. The van der Waals surface area contributed by atoms with Crippen molar-refractivity contribution in [2.45, 2.75) is 18.0 Å². The van der Waals surface area contributed by atoms with E-state index >= 15 is 0 Å². The third-order valence-electron chi connectivity index (χ3n) is 4.73. The van der Waals surface area contributed by atoms with E-state index in [4.69, 9.17) is 4.74 Å². The van der Waals surface area contributed by atoms with Crippen molar-refractivity contribution < 1.29 is 31.1 Å². The van der Waals surface area contributed by atoms with Crippen LogP contribution < -0.4 is 14.4 Å². The lowest BCUT2D eigenvalue weighted by atomic mass is 10.1. The number of hydrogen-bond donors (Lipinski definition) is 1.